The Morgan fingerprint density at radius 2 is 2.18 bits per heavy atom. The molecule has 1 aromatic heterocycles. The van der Waals surface area contributed by atoms with Gasteiger partial charge in [-0.2, -0.15) is 0 Å². The van der Waals surface area contributed by atoms with E-state index in [4.69, 9.17) is 10.1 Å². The Kier molecular flexibility index (Phi) is 7.18. The fourth-order valence-electron chi connectivity index (χ4n) is 3.56. The second-order valence-electron chi connectivity index (χ2n) is 7.27. The highest BCUT2D eigenvalue weighted by molar-refractivity contribution is 5.68. The first-order chi connectivity index (χ1) is 13.6. The molecule has 1 aliphatic heterocycles. The van der Waals surface area contributed by atoms with Crippen LogP contribution in [0.4, 0.5) is 10.2 Å². The normalized spacial score (nSPS) is 14.5. The molecule has 28 heavy (non-hydrogen) atoms. The summed E-state index contributed by atoms with van der Waals surface area (Å²) in [6.07, 6.45) is 9.98. The van der Waals surface area contributed by atoms with E-state index >= 15 is 0 Å². The highest BCUT2D eigenvalue weighted by Gasteiger charge is 2.13. The number of halogens is 1. The van der Waals surface area contributed by atoms with E-state index in [-0.39, 0.29) is 18.2 Å². The van der Waals surface area contributed by atoms with Crippen molar-refractivity contribution in [1.29, 1.82) is 0 Å². The number of anilines is 1. The largest absolute Gasteiger partial charge is 0.481 e. The molecule has 2 aromatic rings. The fraction of sp³-hybridized carbons (Fsp3) is 0.391. The number of aliphatic carboxylic acids is 1. The van der Waals surface area contributed by atoms with E-state index in [0.717, 1.165) is 50.2 Å². The van der Waals surface area contributed by atoms with E-state index in [0.29, 0.717) is 5.56 Å². The molecular formula is C23H27FN2O2. The number of allylic oxidation sites excluding steroid dienone is 2. The summed E-state index contributed by atoms with van der Waals surface area (Å²) in [4.78, 5) is 15.8. The van der Waals surface area contributed by atoms with Gasteiger partial charge in [0.1, 0.15) is 11.6 Å². The lowest BCUT2D eigenvalue weighted by Gasteiger charge is -2.17. The van der Waals surface area contributed by atoms with E-state index in [1.54, 1.807) is 12.1 Å². The standard InChI is InChI=1S/C23H27FN2O2/c24-20-10-5-8-18(15-20)19(16-22(27)28)7-3-1-2-4-11-21-13-12-17-9-6-14-25-23(17)26-21/h3,5,7-8,10,12-13,15,19H,1-2,4,6,9,11,14,16H2,(H,25,26)(H,27,28)/b7-3+/t19-/m1/s1. The molecule has 148 valence electrons. The summed E-state index contributed by atoms with van der Waals surface area (Å²) in [6, 6.07) is 10.5. The van der Waals surface area contributed by atoms with Gasteiger partial charge in [0.25, 0.3) is 0 Å². The first-order valence-corrected chi connectivity index (χ1v) is 9.98. The molecule has 0 saturated heterocycles. The van der Waals surface area contributed by atoms with Crippen LogP contribution in [0.2, 0.25) is 0 Å². The molecule has 5 heteroatoms. The minimum Gasteiger partial charge on any atom is -0.481 e. The lowest BCUT2D eigenvalue weighted by molar-refractivity contribution is -0.137. The zero-order valence-corrected chi connectivity index (χ0v) is 16.0. The summed E-state index contributed by atoms with van der Waals surface area (Å²) in [6.45, 7) is 0.997. The third-order valence-electron chi connectivity index (χ3n) is 5.05. The zero-order valence-electron chi connectivity index (χ0n) is 16.0. The predicted octanol–water partition coefficient (Wildman–Crippen LogP) is 5.11. The van der Waals surface area contributed by atoms with Gasteiger partial charge in [0.2, 0.25) is 0 Å². The number of hydrogen-bond acceptors (Lipinski definition) is 3. The Balaban J connectivity index is 1.47. The van der Waals surface area contributed by atoms with Gasteiger partial charge in [-0.25, -0.2) is 9.37 Å². The highest BCUT2D eigenvalue weighted by Crippen LogP contribution is 2.23. The topological polar surface area (TPSA) is 62.2 Å². The molecule has 0 amide bonds. The summed E-state index contributed by atoms with van der Waals surface area (Å²) in [7, 11) is 0. The molecule has 1 atom stereocenters. The second kappa shape index (κ2) is 10.0. The van der Waals surface area contributed by atoms with E-state index in [9.17, 15) is 9.18 Å². The van der Waals surface area contributed by atoms with Gasteiger partial charge >= 0.3 is 5.97 Å². The number of carboxylic acid groups (broad SMARTS) is 1. The molecule has 0 spiro atoms. The number of aromatic nitrogens is 1. The number of rotatable bonds is 9. The van der Waals surface area contributed by atoms with Crippen molar-refractivity contribution >= 4 is 11.8 Å². The van der Waals surface area contributed by atoms with Gasteiger partial charge in [-0.05, 0) is 67.9 Å². The number of carboxylic acids is 1. The smallest absolute Gasteiger partial charge is 0.304 e. The van der Waals surface area contributed by atoms with Crippen LogP contribution in [0.1, 0.15) is 54.8 Å². The number of pyridine rings is 1. The Labute approximate surface area is 165 Å². The number of nitrogens with one attached hydrogen (secondary N) is 1. The van der Waals surface area contributed by atoms with E-state index in [1.807, 2.05) is 12.2 Å². The minimum absolute atomic E-state index is 0.0357. The van der Waals surface area contributed by atoms with Gasteiger partial charge in [-0.15, -0.1) is 0 Å². The van der Waals surface area contributed by atoms with Crippen molar-refractivity contribution in [1.82, 2.24) is 4.98 Å². The molecule has 0 saturated carbocycles. The van der Waals surface area contributed by atoms with Crippen LogP contribution in [0, 0.1) is 5.82 Å². The van der Waals surface area contributed by atoms with Crippen molar-refractivity contribution in [3.8, 4) is 0 Å². The van der Waals surface area contributed by atoms with Crippen molar-refractivity contribution in [3.63, 3.8) is 0 Å². The minimum atomic E-state index is -0.883. The van der Waals surface area contributed by atoms with Gasteiger partial charge in [-0.1, -0.05) is 30.4 Å². The van der Waals surface area contributed by atoms with Crippen LogP contribution in [0.25, 0.3) is 0 Å². The van der Waals surface area contributed by atoms with Crippen LogP contribution < -0.4 is 5.32 Å². The average Bonchev–Trinajstić information content (AvgIpc) is 2.69. The van der Waals surface area contributed by atoms with Crippen molar-refractivity contribution in [2.45, 2.75) is 50.9 Å². The van der Waals surface area contributed by atoms with Crippen LogP contribution >= 0.6 is 0 Å². The maximum Gasteiger partial charge on any atom is 0.304 e. The maximum absolute atomic E-state index is 13.4. The number of nitrogens with zero attached hydrogens (tertiary/aromatic N) is 1. The van der Waals surface area contributed by atoms with Crippen molar-refractivity contribution in [2.24, 2.45) is 0 Å². The van der Waals surface area contributed by atoms with Crippen molar-refractivity contribution in [3.05, 3.63) is 71.2 Å². The predicted molar refractivity (Wildman–Crippen MR) is 109 cm³/mol. The van der Waals surface area contributed by atoms with Crippen LogP contribution in [-0.4, -0.2) is 22.6 Å². The number of unbranched alkanes of at least 4 members (excludes halogenated alkanes) is 2. The second-order valence-corrected chi connectivity index (χ2v) is 7.27. The molecule has 0 bridgehead atoms. The van der Waals surface area contributed by atoms with E-state index in [2.05, 4.69) is 17.4 Å². The molecule has 2 N–H and O–H groups in total. The summed E-state index contributed by atoms with van der Waals surface area (Å²) in [5, 5.41) is 12.5. The zero-order chi connectivity index (χ0) is 19.8. The fourth-order valence-corrected chi connectivity index (χ4v) is 3.56. The van der Waals surface area contributed by atoms with Crippen LogP contribution in [0.15, 0.2) is 48.6 Å². The molecular weight excluding hydrogens is 355 g/mol. The summed E-state index contributed by atoms with van der Waals surface area (Å²) >= 11 is 0. The molecule has 2 heterocycles. The summed E-state index contributed by atoms with van der Waals surface area (Å²) < 4.78 is 13.4. The molecule has 4 nitrogen and oxygen atoms in total. The average molecular weight is 382 g/mol. The quantitative estimate of drug-likeness (QED) is 0.467. The Bertz CT molecular complexity index is 835. The Hall–Kier alpha value is -2.69. The lowest BCUT2D eigenvalue weighted by Crippen LogP contribution is -2.13. The number of benzene rings is 1. The van der Waals surface area contributed by atoms with Crippen molar-refractivity contribution in [2.75, 3.05) is 11.9 Å². The Morgan fingerprint density at radius 3 is 3.00 bits per heavy atom. The van der Waals surface area contributed by atoms with E-state index in [1.165, 1.54) is 24.1 Å². The molecule has 1 aromatic carbocycles. The molecule has 0 aliphatic carbocycles. The number of hydrogen-bond donors (Lipinski definition) is 2. The van der Waals surface area contributed by atoms with Gasteiger partial charge < -0.3 is 10.4 Å². The maximum atomic E-state index is 13.4. The first kappa shape index (κ1) is 20.1. The van der Waals surface area contributed by atoms with Gasteiger partial charge in [0, 0.05) is 18.2 Å². The van der Waals surface area contributed by atoms with Crippen molar-refractivity contribution < 1.29 is 14.3 Å². The lowest BCUT2D eigenvalue weighted by atomic mass is 9.94. The molecule has 0 radical (unpaired) electrons. The van der Waals surface area contributed by atoms with Crippen LogP contribution in [0.5, 0.6) is 0 Å². The van der Waals surface area contributed by atoms with Crippen LogP contribution in [0.3, 0.4) is 0 Å². The number of aryl methyl sites for hydroxylation is 2. The SMILES string of the molecule is O=C(O)C[C@@H](/C=C/CCCCc1ccc2c(n1)NCCC2)c1cccc(F)c1. The first-order valence-electron chi connectivity index (χ1n) is 9.98. The molecule has 3 rings (SSSR count). The monoisotopic (exact) mass is 382 g/mol. The van der Waals surface area contributed by atoms with E-state index < -0.39 is 5.97 Å². The summed E-state index contributed by atoms with van der Waals surface area (Å²) in [5.74, 6) is -0.490. The molecule has 1 aliphatic rings. The highest BCUT2D eigenvalue weighted by atomic mass is 19.1. The molecule has 0 unspecified atom stereocenters. The Morgan fingerprint density at radius 1 is 1.29 bits per heavy atom. The number of carbonyl (C=O) groups is 1. The third-order valence-corrected chi connectivity index (χ3v) is 5.05. The number of fused-ring (bicyclic) bond motifs is 1. The van der Waals surface area contributed by atoms with Gasteiger partial charge in [-0.3, -0.25) is 4.79 Å². The third kappa shape index (κ3) is 5.91. The van der Waals surface area contributed by atoms with Gasteiger partial charge in [0.15, 0.2) is 0 Å². The summed E-state index contributed by atoms with van der Waals surface area (Å²) in [5.41, 5.74) is 3.12. The van der Waals surface area contributed by atoms with Crippen LogP contribution in [-0.2, 0) is 17.6 Å². The molecule has 0 fully saturated rings. The van der Waals surface area contributed by atoms with Gasteiger partial charge in [0.05, 0.1) is 6.42 Å².